The van der Waals surface area contributed by atoms with Crippen LogP contribution in [0.5, 0.6) is 0 Å². The maximum absolute atomic E-state index is 6.18. The van der Waals surface area contributed by atoms with Crippen molar-refractivity contribution in [3.8, 4) is 0 Å². The molecule has 3 heterocycles. The molecule has 0 saturated carbocycles. The van der Waals surface area contributed by atoms with Crippen LogP contribution in [0.3, 0.4) is 0 Å². The molecular weight excluding hydrogens is 288 g/mol. The predicted molar refractivity (Wildman–Crippen MR) is 94.7 cm³/mol. The van der Waals surface area contributed by atoms with Gasteiger partial charge in [0, 0.05) is 51.0 Å². The van der Waals surface area contributed by atoms with E-state index < -0.39 is 0 Å². The summed E-state index contributed by atoms with van der Waals surface area (Å²) in [5.74, 6) is 1.74. The van der Waals surface area contributed by atoms with E-state index in [0.29, 0.717) is 12.5 Å². The first-order chi connectivity index (χ1) is 11.2. The van der Waals surface area contributed by atoms with E-state index in [4.69, 9.17) is 5.73 Å². The van der Waals surface area contributed by atoms with Crippen molar-refractivity contribution in [3.63, 3.8) is 0 Å². The number of hydrogen-bond donors (Lipinski definition) is 1. The van der Waals surface area contributed by atoms with E-state index in [0.717, 1.165) is 50.6 Å². The molecule has 0 atom stereocenters. The van der Waals surface area contributed by atoms with Gasteiger partial charge in [0.1, 0.15) is 5.82 Å². The molecule has 2 saturated heterocycles. The summed E-state index contributed by atoms with van der Waals surface area (Å²) in [4.78, 5) is 16.2. The monoisotopic (exact) mass is 316 g/mol. The lowest BCUT2D eigenvalue weighted by Gasteiger charge is -2.34. The number of nitrogens with zero attached hydrogens (tertiary/aromatic N) is 5. The molecule has 6 heteroatoms. The van der Waals surface area contributed by atoms with Crippen LogP contribution in [0.1, 0.15) is 24.8 Å². The van der Waals surface area contributed by atoms with Gasteiger partial charge in [0.2, 0.25) is 0 Å². The average molecular weight is 316 g/mol. The van der Waals surface area contributed by atoms with Crippen molar-refractivity contribution < 1.29 is 0 Å². The Morgan fingerprint density at radius 1 is 1.13 bits per heavy atom. The van der Waals surface area contributed by atoms with Gasteiger partial charge in [0.25, 0.3) is 0 Å². The topological polar surface area (TPSA) is 61.0 Å². The maximum Gasteiger partial charge on any atom is 0.191 e. The van der Waals surface area contributed by atoms with E-state index >= 15 is 0 Å². The van der Waals surface area contributed by atoms with Gasteiger partial charge in [0.15, 0.2) is 5.96 Å². The molecule has 0 radical (unpaired) electrons. The zero-order valence-corrected chi connectivity index (χ0v) is 14.1. The minimum atomic E-state index is 0.609. The van der Waals surface area contributed by atoms with E-state index in [1.165, 1.54) is 19.3 Å². The third kappa shape index (κ3) is 4.13. The first-order valence-electron chi connectivity index (χ1n) is 8.66. The molecule has 6 nitrogen and oxygen atoms in total. The highest BCUT2D eigenvalue weighted by atomic mass is 15.3. The van der Waals surface area contributed by atoms with Crippen LogP contribution in [0.2, 0.25) is 0 Å². The largest absolute Gasteiger partial charge is 0.370 e. The molecule has 2 N–H and O–H groups in total. The Balaban J connectivity index is 1.68. The third-order valence-corrected chi connectivity index (χ3v) is 4.76. The van der Waals surface area contributed by atoms with Crippen molar-refractivity contribution in [2.75, 3.05) is 51.2 Å². The van der Waals surface area contributed by atoms with Gasteiger partial charge in [-0.05, 0) is 32.4 Å². The van der Waals surface area contributed by atoms with Gasteiger partial charge in [-0.2, -0.15) is 0 Å². The molecule has 2 aliphatic rings. The van der Waals surface area contributed by atoms with Gasteiger partial charge in [0.05, 0.1) is 6.54 Å². The standard InChI is InChI=1S/C17H28N6/c1-21-10-12-22(13-11-21)16-15(6-5-7-19-16)14-20-17(18)23-8-3-2-4-9-23/h5-7H,2-4,8-14H2,1H3,(H2,18,20). The zero-order chi connectivity index (χ0) is 16.1. The number of piperazine rings is 1. The fraction of sp³-hybridized carbons (Fsp3) is 0.647. The molecule has 0 aliphatic carbocycles. The molecule has 0 aromatic carbocycles. The number of aliphatic imine (C=N–C) groups is 1. The number of pyridine rings is 1. The number of piperidine rings is 1. The van der Waals surface area contributed by atoms with Crippen molar-refractivity contribution in [2.45, 2.75) is 25.8 Å². The van der Waals surface area contributed by atoms with Gasteiger partial charge in [-0.25, -0.2) is 9.98 Å². The SMILES string of the molecule is CN1CCN(c2ncccc2CN=C(N)N2CCCCC2)CC1. The van der Waals surface area contributed by atoms with Gasteiger partial charge in [-0.1, -0.05) is 6.07 Å². The number of guanidine groups is 1. The van der Waals surface area contributed by atoms with Crippen LogP contribution in [0.25, 0.3) is 0 Å². The lowest BCUT2D eigenvalue weighted by Crippen LogP contribution is -2.45. The lowest BCUT2D eigenvalue weighted by molar-refractivity contribution is 0.312. The van der Waals surface area contributed by atoms with Crippen molar-refractivity contribution in [1.29, 1.82) is 0 Å². The highest BCUT2D eigenvalue weighted by Crippen LogP contribution is 2.19. The van der Waals surface area contributed by atoms with E-state index in [1.54, 1.807) is 0 Å². The first kappa shape index (κ1) is 16.1. The molecule has 0 bridgehead atoms. The van der Waals surface area contributed by atoms with Crippen molar-refractivity contribution >= 4 is 11.8 Å². The van der Waals surface area contributed by atoms with Crippen LogP contribution in [-0.4, -0.2) is 67.1 Å². The maximum atomic E-state index is 6.18. The second kappa shape index (κ2) is 7.64. The summed E-state index contributed by atoms with van der Waals surface area (Å²) in [6.07, 6.45) is 5.61. The third-order valence-electron chi connectivity index (χ3n) is 4.76. The van der Waals surface area contributed by atoms with E-state index in [-0.39, 0.29) is 0 Å². The fourth-order valence-corrected chi connectivity index (χ4v) is 3.25. The smallest absolute Gasteiger partial charge is 0.191 e. The summed E-state index contributed by atoms with van der Waals surface area (Å²) in [7, 11) is 2.17. The van der Waals surface area contributed by atoms with Crippen LogP contribution in [0, 0.1) is 0 Å². The molecule has 0 unspecified atom stereocenters. The van der Waals surface area contributed by atoms with Crippen LogP contribution in [0.4, 0.5) is 5.82 Å². The van der Waals surface area contributed by atoms with Crippen molar-refractivity contribution in [2.24, 2.45) is 10.7 Å². The summed E-state index contributed by atoms with van der Waals surface area (Å²) < 4.78 is 0. The second-order valence-corrected chi connectivity index (χ2v) is 6.50. The summed E-state index contributed by atoms with van der Waals surface area (Å²) in [6, 6.07) is 4.11. The number of likely N-dealkylation sites (tertiary alicyclic amines) is 1. The second-order valence-electron chi connectivity index (χ2n) is 6.50. The number of likely N-dealkylation sites (N-methyl/N-ethyl adjacent to an activating group) is 1. The Bertz CT molecular complexity index is 530. The van der Waals surface area contributed by atoms with Gasteiger partial charge in [-0.15, -0.1) is 0 Å². The van der Waals surface area contributed by atoms with Gasteiger partial charge < -0.3 is 20.4 Å². The van der Waals surface area contributed by atoms with Crippen molar-refractivity contribution in [1.82, 2.24) is 14.8 Å². The number of nitrogens with two attached hydrogens (primary N) is 1. The minimum Gasteiger partial charge on any atom is -0.370 e. The molecular formula is C17H28N6. The summed E-state index contributed by atoms with van der Waals surface area (Å²) >= 11 is 0. The molecule has 2 aliphatic heterocycles. The highest BCUT2D eigenvalue weighted by Gasteiger charge is 2.18. The summed E-state index contributed by atoms with van der Waals surface area (Å²) in [5, 5.41) is 0. The lowest BCUT2D eigenvalue weighted by atomic mass is 10.1. The van der Waals surface area contributed by atoms with Crippen LogP contribution < -0.4 is 10.6 Å². The molecule has 0 spiro atoms. The van der Waals surface area contributed by atoms with Gasteiger partial charge >= 0.3 is 0 Å². The van der Waals surface area contributed by atoms with Crippen molar-refractivity contribution in [3.05, 3.63) is 23.9 Å². The number of aromatic nitrogens is 1. The summed E-state index contributed by atoms with van der Waals surface area (Å²) in [6.45, 7) is 6.88. The number of anilines is 1. The molecule has 1 aromatic heterocycles. The molecule has 0 amide bonds. The average Bonchev–Trinajstić information content (AvgIpc) is 2.61. The van der Waals surface area contributed by atoms with Crippen LogP contribution in [-0.2, 0) is 6.54 Å². The zero-order valence-electron chi connectivity index (χ0n) is 14.1. The normalized spacial score (nSPS) is 20.8. The quantitative estimate of drug-likeness (QED) is 0.669. The summed E-state index contributed by atoms with van der Waals surface area (Å²) in [5.41, 5.74) is 7.34. The Labute approximate surface area is 139 Å². The van der Waals surface area contributed by atoms with Gasteiger partial charge in [-0.3, -0.25) is 0 Å². The van der Waals surface area contributed by atoms with E-state index in [2.05, 4.69) is 37.8 Å². The minimum absolute atomic E-state index is 0.609. The fourth-order valence-electron chi connectivity index (χ4n) is 3.25. The Kier molecular flexibility index (Phi) is 5.33. The Morgan fingerprint density at radius 2 is 1.87 bits per heavy atom. The number of rotatable bonds is 3. The first-order valence-corrected chi connectivity index (χ1v) is 8.66. The molecule has 1 aromatic rings. The highest BCUT2D eigenvalue weighted by molar-refractivity contribution is 5.78. The van der Waals surface area contributed by atoms with Crippen LogP contribution in [0.15, 0.2) is 23.3 Å². The van der Waals surface area contributed by atoms with Crippen LogP contribution >= 0.6 is 0 Å². The Hall–Kier alpha value is -1.82. The molecule has 23 heavy (non-hydrogen) atoms. The Morgan fingerprint density at radius 3 is 2.61 bits per heavy atom. The predicted octanol–water partition coefficient (Wildman–Crippen LogP) is 1.13. The molecule has 126 valence electrons. The molecule has 3 rings (SSSR count). The molecule has 2 fully saturated rings. The van der Waals surface area contributed by atoms with E-state index in [9.17, 15) is 0 Å². The van der Waals surface area contributed by atoms with E-state index in [1.807, 2.05) is 12.3 Å². The number of hydrogen-bond acceptors (Lipinski definition) is 4.